The second-order valence-electron chi connectivity index (χ2n) is 4.61. The van der Waals surface area contributed by atoms with Crippen LogP contribution in [0.5, 0.6) is 0 Å². The summed E-state index contributed by atoms with van der Waals surface area (Å²) in [5.41, 5.74) is 0. The van der Waals surface area contributed by atoms with Crippen LogP contribution in [0.15, 0.2) is 0 Å². The summed E-state index contributed by atoms with van der Waals surface area (Å²) in [4.78, 5) is 2.43. The van der Waals surface area contributed by atoms with Crippen molar-refractivity contribution >= 4 is 0 Å². The quantitative estimate of drug-likeness (QED) is 0.718. The van der Waals surface area contributed by atoms with E-state index in [4.69, 9.17) is 0 Å². The van der Waals surface area contributed by atoms with Crippen molar-refractivity contribution < 1.29 is 0 Å². The maximum absolute atomic E-state index is 3.71. The summed E-state index contributed by atoms with van der Waals surface area (Å²) in [6, 6.07) is 1.42. The average molecular weight is 184 g/mol. The number of rotatable bonds is 3. The van der Waals surface area contributed by atoms with Gasteiger partial charge in [-0.3, -0.25) is 0 Å². The highest BCUT2D eigenvalue weighted by Crippen LogP contribution is 2.16. The molecule has 1 N–H and O–H groups in total. The van der Waals surface area contributed by atoms with Crippen molar-refractivity contribution in [2.24, 2.45) is 5.92 Å². The molecule has 78 valence electrons. The summed E-state index contributed by atoms with van der Waals surface area (Å²) in [6.07, 6.45) is 2.54. The first-order valence-electron chi connectivity index (χ1n) is 5.58. The molecule has 0 aromatic heterocycles. The fraction of sp³-hybridized carbons (Fsp3) is 1.00. The number of nitrogens with zero attached hydrogens (tertiary/aromatic N) is 1. The fourth-order valence-corrected chi connectivity index (χ4v) is 2.09. The smallest absolute Gasteiger partial charge is 0.0119 e. The molecule has 0 amide bonds. The Kier molecular flexibility index (Phi) is 4.20. The first-order chi connectivity index (χ1) is 6.13. The molecule has 0 spiro atoms. The molecule has 3 unspecified atom stereocenters. The van der Waals surface area contributed by atoms with E-state index in [-0.39, 0.29) is 0 Å². The summed E-state index contributed by atoms with van der Waals surface area (Å²) in [5, 5.41) is 3.71. The Labute approximate surface area is 82.7 Å². The fourth-order valence-electron chi connectivity index (χ4n) is 2.09. The van der Waals surface area contributed by atoms with E-state index < -0.39 is 0 Å². The van der Waals surface area contributed by atoms with Crippen molar-refractivity contribution in [3.05, 3.63) is 0 Å². The SMILES string of the molecule is CCC(C)NC1CCN(C)CC1C. The summed E-state index contributed by atoms with van der Waals surface area (Å²) in [6.45, 7) is 9.38. The molecule has 3 atom stereocenters. The molecule has 1 aliphatic heterocycles. The molecule has 0 aromatic rings. The Morgan fingerprint density at radius 3 is 2.77 bits per heavy atom. The summed E-state index contributed by atoms with van der Waals surface area (Å²) in [7, 11) is 2.22. The maximum atomic E-state index is 3.71. The topological polar surface area (TPSA) is 15.3 Å². The molecule has 1 rings (SSSR count). The van der Waals surface area contributed by atoms with Gasteiger partial charge in [0.2, 0.25) is 0 Å². The third kappa shape index (κ3) is 3.28. The van der Waals surface area contributed by atoms with E-state index in [1.54, 1.807) is 0 Å². The molecule has 0 saturated carbocycles. The molecule has 0 aromatic carbocycles. The van der Waals surface area contributed by atoms with Gasteiger partial charge in [-0.15, -0.1) is 0 Å². The van der Waals surface area contributed by atoms with Crippen molar-refractivity contribution in [1.82, 2.24) is 10.2 Å². The second-order valence-corrected chi connectivity index (χ2v) is 4.61. The summed E-state index contributed by atoms with van der Waals surface area (Å²) >= 11 is 0. The zero-order chi connectivity index (χ0) is 9.84. The Morgan fingerprint density at radius 2 is 2.23 bits per heavy atom. The van der Waals surface area contributed by atoms with Crippen LogP contribution < -0.4 is 5.32 Å². The first kappa shape index (κ1) is 11.0. The number of hydrogen-bond acceptors (Lipinski definition) is 2. The number of likely N-dealkylation sites (tertiary alicyclic amines) is 1. The Hall–Kier alpha value is -0.0800. The van der Waals surface area contributed by atoms with Gasteiger partial charge in [0.05, 0.1) is 0 Å². The monoisotopic (exact) mass is 184 g/mol. The lowest BCUT2D eigenvalue weighted by Gasteiger charge is -2.36. The minimum absolute atomic E-state index is 0.677. The predicted molar refractivity (Wildman–Crippen MR) is 58.0 cm³/mol. The van der Waals surface area contributed by atoms with E-state index in [0.717, 1.165) is 12.0 Å². The van der Waals surface area contributed by atoms with Crippen LogP contribution in [0.25, 0.3) is 0 Å². The van der Waals surface area contributed by atoms with Crippen molar-refractivity contribution in [2.75, 3.05) is 20.1 Å². The minimum atomic E-state index is 0.677. The van der Waals surface area contributed by atoms with Crippen LogP contribution >= 0.6 is 0 Å². The lowest BCUT2D eigenvalue weighted by molar-refractivity contribution is 0.167. The van der Waals surface area contributed by atoms with E-state index in [0.29, 0.717) is 6.04 Å². The van der Waals surface area contributed by atoms with Gasteiger partial charge in [0, 0.05) is 18.6 Å². The molecule has 2 heteroatoms. The van der Waals surface area contributed by atoms with Crippen molar-refractivity contribution in [3.8, 4) is 0 Å². The van der Waals surface area contributed by atoms with Gasteiger partial charge >= 0.3 is 0 Å². The highest BCUT2D eigenvalue weighted by atomic mass is 15.1. The zero-order valence-corrected chi connectivity index (χ0v) is 9.51. The van der Waals surface area contributed by atoms with Crippen LogP contribution in [0.4, 0.5) is 0 Å². The van der Waals surface area contributed by atoms with Gasteiger partial charge in [0.1, 0.15) is 0 Å². The number of hydrogen-bond donors (Lipinski definition) is 1. The van der Waals surface area contributed by atoms with Crippen molar-refractivity contribution in [2.45, 2.75) is 45.7 Å². The molecule has 0 aliphatic carbocycles. The molecule has 1 heterocycles. The lowest BCUT2D eigenvalue weighted by Crippen LogP contribution is -2.49. The maximum Gasteiger partial charge on any atom is 0.0119 e. The molecule has 1 saturated heterocycles. The summed E-state index contributed by atoms with van der Waals surface area (Å²) in [5.74, 6) is 0.799. The van der Waals surface area contributed by atoms with Crippen molar-refractivity contribution in [1.29, 1.82) is 0 Å². The number of nitrogens with one attached hydrogen (secondary N) is 1. The van der Waals surface area contributed by atoms with Crippen LogP contribution in [0.1, 0.15) is 33.6 Å². The first-order valence-corrected chi connectivity index (χ1v) is 5.58. The van der Waals surface area contributed by atoms with E-state index >= 15 is 0 Å². The predicted octanol–water partition coefficient (Wildman–Crippen LogP) is 1.71. The van der Waals surface area contributed by atoms with E-state index in [9.17, 15) is 0 Å². The van der Waals surface area contributed by atoms with Crippen LogP contribution in [0.3, 0.4) is 0 Å². The molecule has 1 fully saturated rings. The Bertz CT molecular complexity index is 147. The van der Waals surface area contributed by atoms with E-state index in [1.165, 1.54) is 25.9 Å². The Balaban J connectivity index is 2.33. The molecule has 0 bridgehead atoms. The number of piperidine rings is 1. The third-order valence-corrected chi connectivity index (χ3v) is 3.22. The average Bonchev–Trinajstić information content (AvgIpc) is 2.09. The lowest BCUT2D eigenvalue weighted by atomic mass is 9.93. The molecular formula is C11H24N2. The highest BCUT2D eigenvalue weighted by molar-refractivity contribution is 4.82. The van der Waals surface area contributed by atoms with E-state index in [1.807, 2.05) is 0 Å². The second kappa shape index (κ2) is 4.97. The molecule has 0 radical (unpaired) electrons. The van der Waals surface area contributed by atoms with E-state index in [2.05, 4.69) is 38.0 Å². The molecule has 13 heavy (non-hydrogen) atoms. The van der Waals surface area contributed by atoms with Gasteiger partial charge in [-0.25, -0.2) is 0 Å². The Morgan fingerprint density at radius 1 is 1.54 bits per heavy atom. The molecule has 2 nitrogen and oxygen atoms in total. The van der Waals surface area contributed by atoms with Gasteiger partial charge in [0.15, 0.2) is 0 Å². The molecule has 1 aliphatic rings. The minimum Gasteiger partial charge on any atom is -0.311 e. The largest absolute Gasteiger partial charge is 0.311 e. The van der Waals surface area contributed by atoms with Gasteiger partial charge in [-0.05, 0) is 39.3 Å². The zero-order valence-electron chi connectivity index (χ0n) is 9.51. The third-order valence-electron chi connectivity index (χ3n) is 3.22. The van der Waals surface area contributed by atoms with Gasteiger partial charge < -0.3 is 10.2 Å². The van der Waals surface area contributed by atoms with Crippen LogP contribution in [-0.2, 0) is 0 Å². The summed E-state index contributed by atoms with van der Waals surface area (Å²) < 4.78 is 0. The molecular weight excluding hydrogens is 160 g/mol. The van der Waals surface area contributed by atoms with Crippen LogP contribution in [0.2, 0.25) is 0 Å². The van der Waals surface area contributed by atoms with Gasteiger partial charge in [-0.1, -0.05) is 13.8 Å². The highest BCUT2D eigenvalue weighted by Gasteiger charge is 2.24. The standard InChI is InChI=1S/C11H24N2/c1-5-10(3)12-11-6-7-13(4)8-9(11)2/h9-12H,5-8H2,1-4H3. The van der Waals surface area contributed by atoms with Crippen molar-refractivity contribution in [3.63, 3.8) is 0 Å². The van der Waals surface area contributed by atoms with Gasteiger partial charge in [-0.2, -0.15) is 0 Å². The normalized spacial score (nSPS) is 33.2. The van der Waals surface area contributed by atoms with Gasteiger partial charge in [0.25, 0.3) is 0 Å². The van der Waals surface area contributed by atoms with Crippen LogP contribution in [0, 0.1) is 5.92 Å². The van der Waals surface area contributed by atoms with Crippen LogP contribution in [-0.4, -0.2) is 37.1 Å².